The van der Waals surface area contributed by atoms with Crippen LogP contribution in [0.25, 0.3) is 0 Å². The summed E-state index contributed by atoms with van der Waals surface area (Å²) in [6.45, 7) is 9.57. The second-order valence-corrected chi connectivity index (χ2v) is 7.52. The van der Waals surface area contributed by atoms with Crippen LogP contribution in [0.2, 0.25) is 0 Å². The number of fused-ring (bicyclic) bond motifs is 1. The van der Waals surface area contributed by atoms with Gasteiger partial charge in [-0.05, 0) is 43.0 Å². The lowest BCUT2D eigenvalue weighted by atomic mass is 9.98. The van der Waals surface area contributed by atoms with Crippen molar-refractivity contribution in [2.75, 3.05) is 23.8 Å². The molecule has 0 aliphatic carbocycles. The molecule has 0 unspecified atom stereocenters. The molecule has 0 bridgehead atoms. The van der Waals surface area contributed by atoms with E-state index in [1.807, 2.05) is 31.2 Å². The molecule has 0 atom stereocenters. The Hall–Kier alpha value is -3.28. The van der Waals surface area contributed by atoms with Crippen LogP contribution >= 0.6 is 0 Å². The van der Waals surface area contributed by atoms with Gasteiger partial charge in [0.2, 0.25) is 5.95 Å². The Morgan fingerprint density at radius 3 is 2.48 bits per heavy atom. The SMILES string of the molecule is Cc1cc(Nc2ccc3c(c2)OCCO3)nc(Nc2c(C)cccc2C(C)C)n1. The van der Waals surface area contributed by atoms with Gasteiger partial charge >= 0.3 is 0 Å². The predicted molar refractivity (Wildman–Crippen MR) is 116 cm³/mol. The van der Waals surface area contributed by atoms with Crippen LogP contribution in [-0.4, -0.2) is 23.2 Å². The Kier molecular flexibility index (Phi) is 5.25. The quantitative estimate of drug-likeness (QED) is 0.602. The summed E-state index contributed by atoms with van der Waals surface area (Å²) in [5.74, 6) is 3.20. The fraction of sp³-hybridized carbons (Fsp3) is 0.304. The lowest BCUT2D eigenvalue weighted by Gasteiger charge is -2.19. The van der Waals surface area contributed by atoms with E-state index in [4.69, 9.17) is 9.47 Å². The van der Waals surface area contributed by atoms with Gasteiger partial charge in [-0.1, -0.05) is 32.0 Å². The number of benzene rings is 2. The monoisotopic (exact) mass is 390 g/mol. The molecule has 3 aromatic rings. The van der Waals surface area contributed by atoms with Gasteiger partial charge in [-0.25, -0.2) is 4.98 Å². The largest absolute Gasteiger partial charge is 0.486 e. The maximum Gasteiger partial charge on any atom is 0.229 e. The Morgan fingerprint density at radius 2 is 1.69 bits per heavy atom. The third-order valence-corrected chi connectivity index (χ3v) is 4.83. The second kappa shape index (κ2) is 7.99. The highest BCUT2D eigenvalue weighted by Crippen LogP contribution is 2.34. The van der Waals surface area contributed by atoms with Crippen LogP contribution < -0.4 is 20.1 Å². The Labute approximate surface area is 171 Å². The maximum atomic E-state index is 5.67. The molecule has 0 amide bonds. The zero-order valence-corrected chi connectivity index (χ0v) is 17.2. The molecule has 0 saturated heterocycles. The highest BCUT2D eigenvalue weighted by atomic mass is 16.6. The van der Waals surface area contributed by atoms with E-state index in [1.54, 1.807) is 0 Å². The van der Waals surface area contributed by atoms with Crippen molar-refractivity contribution in [1.29, 1.82) is 0 Å². The fourth-order valence-corrected chi connectivity index (χ4v) is 3.41. The van der Waals surface area contributed by atoms with E-state index in [0.717, 1.165) is 34.4 Å². The summed E-state index contributed by atoms with van der Waals surface area (Å²) in [7, 11) is 0. The minimum atomic E-state index is 0.400. The van der Waals surface area contributed by atoms with E-state index in [0.29, 0.717) is 25.1 Å². The summed E-state index contributed by atoms with van der Waals surface area (Å²) < 4.78 is 11.3. The normalized spacial score (nSPS) is 12.7. The molecule has 0 spiro atoms. The first-order chi connectivity index (χ1) is 14.0. The lowest BCUT2D eigenvalue weighted by molar-refractivity contribution is 0.171. The molecular weight excluding hydrogens is 364 g/mol. The first kappa shape index (κ1) is 19.1. The van der Waals surface area contributed by atoms with Crippen LogP contribution in [0.3, 0.4) is 0 Å². The van der Waals surface area contributed by atoms with Crippen molar-refractivity contribution in [3.05, 3.63) is 59.3 Å². The number of nitrogens with zero attached hydrogens (tertiary/aromatic N) is 2. The number of para-hydroxylation sites is 1. The zero-order valence-electron chi connectivity index (χ0n) is 17.2. The van der Waals surface area contributed by atoms with Crippen molar-refractivity contribution in [1.82, 2.24) is 9.97 Å². The summed E-state index contributed by atoms with van der Waals surface area (Å²) in [5.41, 5.74) is 5.25. The maximum absolute atomic E-state index is 5.67. The van der Waals surface area contributed by atoms with Crippen LogP contribution in [-0.2, 0) is 0 Å². The molecule has 1 aliphatic rings. The van der Waals surface area contributed by atoms with E-state index in [2.05, 4.69) is 59.6 Å². The fourth-order valence-electron chi connectivity index (χ4n) is 3.41. The minimum Gasteiger partial charge on any atom is -0.486 e. The van der Waals surface area contributed by atoms with Crippen molar-refractivity contribution in [2.45, 2.75) is 33.6 Å². The van der Waals surface area contributed by atoms with Gasteiger partial charge in [0.15, 0.2) is 11.5 Å². The molecule has 0 radical (unpaired) electrons. The standard InChI is InChI=1S/C23H26N4O2/c1-14(2)18-7-5-6-15(3)22(18)27-23-24-16(4)12-21(26-23)25-17-8-9-19-20(13-17)29-11-10-28-19/h5-9,12-14H,10-11H2,1-4H3,(H2,24,25,26,27). The first-order valence-electron chi connectivity index (χ1n) is 9.88. The summed E-state index contributed by atoms with van der Waals surface area (Å²) in [6.07, 6.45) is 0. The van der Waals surface area contributed by atoms with Crippen LogP contribution in [0.4, 0.5) is 23.1 Å². The smallest absolute Gasteiger partial charge is 0.229 e. The average Bonchev–Trinajstić information content (AvgIpc) is 2.69. The number of hydrogen-bond acceptors (Lipinski definition) is 6. The zero-order chi connectivity index (χ0) is 20.4. The van der Waals surface area contributed by atoms with E-state index in [1.165, 1.54) is 11.1 Å². The van der Waals surface area contributed by atoms with Gasteiger partial charge in [0.1, 0.15) is 19.0 Å². The third-order valence-electron chi connectivity index (χ3n) is 4.83. The Bertz CT molecular complexity index is 1030. The van der Waals surface area contributed by atoms with Gasteiger partial charge in [0, 0.05) is 29.2 Å². The molecule has 6 nitrogen and oxygen atoms in total. The molecule has 1 aliphatic heterocycles. The van der Waals surface area contributed by atoms with E-state index < -0.39 is 0 Å². The summed E-state index contributed by atoms with van der Waals surface area (Å²) in [5, 5.41) is 6.78. The number of anilines is 4. The van der Waals surface area contributed by atoms with Crippen molar-refractivity contribution in [2.24, 2.45) is 0 Å². The highest BCUT2D eigenvalue weighted by molar-refractivity contribution is 5.66. The number of ether oxygens (including phenoxy) is 2. The van der Waals surface area contributed by atoms with Gasteiger partial charge in [-0.2, -0.15) is 4.98 Å². The number of aryl methyl sites for hydroxylation is 2. The van der Waals surface area contributed by atoms with Gasteiger partial charge in [0.05, 0.1) is 0 Å². The number of nitrogens with one attached hydrogen (secondary N) is 2. The van der Waals surface area contributed by atoms with Gasteiger partial charge in [-0.3, -0.25) is 0 Å². The molecule has 150 valence electrons. The summed E-state index contributed by atoms with van der Waals surface area (Å²) >= 11 is 0. The van der Waals surface area contributed by atoms with Gasteiger partial charge in [-0.15, -0.1) is 0 Å². The van der Waals surface area contributed by atoms with Crippen molar-refractivity contribution < 1.29 is 9.47 Å². The van der Waals surface area contributed by atoms with Gasteiger partial charge < -0.3 is 20.1 Å². The molecule has 2 N–H and O–H groups in total. The van der Waals surface area contributed by atoms with Crippen molar-refractivity contribution >= 4 is 23.1 Å². The second-order valence-electron chi connectivity index (χ2n) is 7.52. The molecule has 2 aromatic carbocycles. The van der Waals surface area contributed by atoms with Crippen molar-refractivity contribution in [3.8, 4) is 11.5 Å². The molecular formula is C23H26N4O2. The molecule has 0 saturated carbocycles. The summed E-state index contributed by atoms with van der Waals surface area (Å²) in [4.78, 5) is 9.25. The summed E-state index contributed by atoms with van der Waals surface area (Å²) in [6, 6.07) is 14.0. The van der Waals surface area contributed by atoms with Gasteiger partial charge in [0.25, 0.3) is 0 Å². The average molecular weight is 390 g/mol. The van der Waals surface area contributed by atoms with E-state index >= 15 is 0 Å². The van der Waals surface area contributed by atoms with E-state index in [9.17, 15) is 0 Å². The number of aromatic nitrogens is 2. The molecule has 29 heavy (non-hydrogen) atoms. The molecule has 1 aromatic heterocycles. The van der Waals surface area contributed by atoms with E-state index in [-0.39, 0.29) is 0 Å². The predicted octanol–water partition coefficient (Wildman–Crippen LogP) is 5.48. The molecule has 6 heteroatoms. The molecule has 0 fully saturated rings. The third kappa shape index (κ3) is 4.26. The Morgan fingerprint density at radius 1 is 0.897 bits per heavy atom. The van der Waals surface area contributed by atoms with Crippen LogP contribution in [0.15, 0.2) is 42.5 Å². The molecule has 2 heterocycles. The number of rotatable bonds is 5. The van der Waals surface area contributed by atoms with Crippen LogP contribution in [0.5, 0.6) is 11.5 Å². The molecule has 4 rings (SSSR count). The lowest BCUT2D eigenvalue weighted by Crippen LogP contribution is -2.15. The van der Waals surface area contributed by atoms with Crippen LogP contribution in [0, 0.1) is 13.8 Å². The van der Waals surface area contributed by atoms with Crippen LogP contribution in [0.1, 0.15) is 36.6 Å². The topological polar surface area (TPSA) is 68.3 Å². The number of hydrogen-bond donors (Lipinski definition) is 2. The first-order valence-corrected chi connectivity index (χ1v) is 9.88. The minimum absolute atomic E-state index is 0.400. The Balaban J connectivity index is 1.61. The van der Waals surface area contributed by atoms with Crippen molar-refractivity contribution in [3.63, 3.8) is 0 Å². The highest BCUT2D eigenvalue weighted by Gasteiger charge is 2.14.